The minimum absolute atomic E-state index is 0.126. The zero-order chi connectivity index (χ0) is 19.3. The summed E-state index contributed by atoms with van der Waals surface area (Å²) < 4.78 is 3.59. The molecule has 1 saturated carbocycles. The van der Waals surface area contributed by atoms with Crippen LogP contribution < -0.4 is 5.32 Å². The van der Waals surface area contributed by atoms with E-state index < -0.39 is 0 Å². The molecule has 2 aromatic heterocycles. The Bertz CT molecular complexity index is 951. The lowest BCUT2D eigenvalue weighted by Gasteiger charge is -2.11. The second kappa shape index (κ2) is 8.74. The second-order valence-corrected chi connectivity index (χ2v) is 8.06. The van der Waals surface area contributed by atoms with Gasteiger partial charge in [0.1, 0.15) is 5.82 Å². The maximum absolute atomic E-state index is 12.4. The van der Waals surface area contributed by atoms with Crippen LogP contribution in [0.15, 0.2) is 41.7 Å². The number of benzene rings is 1. The molecule has 4 rings (SSSR count). The molecule has 0 saturated heterocycles. The Labute approximate surface area is 171 Å². The van der Waals surface area contributed by atoms with E-state index >= 15 is 0 Å². The van der Waals surface area contributed by atoms with Gasteiger partial charge in [0.2, 0.25) is 11.1 Å². The fourth-order valence-electron chi connectivity index (χ4n) is 3.34. The van der Waals surface area contributed by atoms with Crippen LogP contribution in [0.4, 0.5) is 5.82 Å². The third-order valence-electron chi connectivity index (χ3n) is 4.67. The van der Waals surface area contributed by atoms with Gasteiger partial charge in [0.05, 0.1) is 24.5 Å². The molecule has 10 heteroatoms. The molecule has 1 aliphatic rings. The lowest BCUT2D eigenvalue weighted by Crippen LogP contribution is -2.18. The summed E-state index contributed by atoms with van der Waals surface area (Å²) in [6.45, 7) is 0.524. The van der Waals surface area contributed by atoms with Crippen molar-refractivity contribution in [1.29, 1.82) is 0 Å². The van der Waals surface area contributed by atoms with Gasteiger partial charge in [-0.15, -0.1) is 5.10 Å². The number of tetrazole rings is 1. The molecule has 0 bridgehead atoms. The van der Waals surface area contributed by atoms with Gasteiger partial charge in [-0.1, -0.05) is 48.3 Å². The minimum Gasteiger partial charge on any atom is -0.310 e. The van der Waals surface area contributed by atoms with E-state index in [9.17, 15) is 4.79 Å². The molecule has 1 fully saturated rings. The van der Waals surface area contributed by atoms with Crippen LogP contribution in [0.3, 0.4) is 0 Å². The first kappa shape index (κ1) is 18.9. The number of nitrogens with zero attached hydrogens (tertiary/aromatic N) is 6. The lowest BCUT2D eigenvalue weighted by atomic mass is 10.2. The Hall–Kier alpha value is -2.39. The normalized spacial score (nSPS) is 14.5. The molecule has 1 aliphatic carbocycles. The predicted molar refractivity (Wildman–Crippen MR) is 107 cm³/mol. The van der Waals surface area contributed by atoms with E-state index in [1.165, 1.54) is 24.6 Å². The van der Waals surface area contributed by atoms with Crippen LogP contribution in [0, 0.1) is 0 Å². The molecular formula is C18H20ClN7OS. The highest BCUT2D eigenvalue weighted by molar-refractivity contribution is 7.99. The summed E-state index contributed by atoms with van der Waals surface area (Å²) in [5.74, 6) is 0.745. The standard InChI is InChI=1S/C18H20ClN7OS/c19-14-5-3-4-13(10-14)11-25-16(8-9-20-25)21-17(27)12-28-18-22-23-24-26(18)15-6-1-2-7-15/h3-5,8-10,15H,1-2,6-7,11-12H2,(H,21,27). The van der Waals surface area contributed by atoms with Gasteiger partial charge in [0, 0.05) is 11.1 Å². The maximum atomic E-state index is 12.4. The number of hydrogen-bond acceptors (Lipinski definition) is 6. The third-order valence-corrected chi connectivity index (χ3v) is 5.84. The van der Waals surface area contributed by atoms with Gasteiger partial charge in [-0.3, -0.25) is 4.79 Å². The quantitative estimate of drug-likeness (QED) is 0.592. The van der Waals surface area contributed by atoms with Crippen LogP contribution in [0.5, 0.6) is 0 Å². The van der Waals surface area contributed by atoms with Crippen molar-refractivity contribution in [3.63, 3.8) is 0 Å². The van der Waals surface area contributed by atoms with Gasteiger partial charge >= 0.3 is 0 Å². The van der Waals surface area contributed by atoms with Crippen molar-refractivity contribution < 1.29 is 4.79 Å². The number of carbonyl (C=O) groups is 1. The van der Waals surface area contributed by atoms with Gasteiger partial charge in [-0.2, -0.15) is 5.10 Å². The summed E-state index contributed by atoms with van der Waals surface area (Å²) in [6.07, 6.45) is 6.24. The zero-order valence-electron chi connectivity index (χ0n) is 15.2. The molecule has 0 radical (unpaired) electrons. The first-order chi connectivity index (χ1) is 13.7. The van der Waals surface area contributed by atoms with Crippen LogP contribution >= 0.6 is 23.4 Å². The molecule has 3 aromatic rings. The third kappa shape index (κ3) is 4.53. The van der Waals surface area contributed by atoms with Crippen LogP contribution in [0.25, 0.3) is 0 Å². The first-order valence-electron chi connectivity index (χ1n) is 9.16. The molecule has 1 N–H and O–H groups in total. The monoisotopic (exact) mass is 417 g/mol. The number of aromatic nitrogens is 6. The molecule has 0 aliphatic heterocycles. The summed E-state index contributed by atoms with van der Waals surface area (Å²) in [6, 6.07) is 9.69. The fourth-order valence-corrected chi connectivity index (χ4v) is 4.30. The highest BCUT2D eigenvalue weighted by atomic mass is 35.5. The summed E-state index contributed by atoms with van der Waals surface area (Å²) >= 11 is 7.39. The minimum atomic E-state index is -0.126. The summed E-state index contributed by atoms with van der Waals surface area (Å²) in [5, 5.41) is 20.5. The van der Waals surface area contributed by atoms with Crippen molar-refractivity contribution in [1.82, 2.24) is 30.0 Å². The number of anilines is 1. The van der Waals surface area contributed by atoms with Crippen molar-refractivity contribution in [3.8, 4) is 0 Å². The number of nitrogens with one attached hydrogen (secondary N) is 1. The molecule has 0 atom stereocenters. The van der Waals surface area contributed by atoms with Crippen molar-refractivity contribution >= 4 is 35.1 Å². The van der Waals surface area contributed by atoms with E-state index in [1.807, 2.05) is 28.9 Å². The van der Waals surface area contributed by atoms with E-state index in [2.05, 4.69) is 25.9 Å². The number of thioether (sulfide) groups is 1. The number of halogens is 1. The van der Waals surface area contributed by atoms with Crippen molar-refractivity contribution in [3.05, 3.63) is 47.1 Å². The molecule has 1 amide bonds. The van der Waals surface area contributed by atoms with Gasteiger partial charge in [-0.25, -0.2) is 9.36 Å². The largest absolute Gasteiger partial charge is 0.310 e. The molecular weight excluding hydrogens is 398 g/mol. The molecule has 8 nitrogen and oxygen atoms in total. The fraction of sp³-hybridized carbons (Fsp3) is 0.389. The average molecular weight is 418 g/mol. The molecule has 0 unspecified atom stereocenters. The van der Waals surface area contributed by atoms with Gasteiger partial charge in [0.25, 0.3) is 0 Å². The topological polar surface area (TPSA) is 90.5 Å². The van der Waals surface area contributed by atoms with Gasteiger partial charge < -0.3 is 5.32 Å². The van der Waals surface area contributed by atoms with E-state index in [-0.39, 0.29) is 11.7 Å². The van der Waals surface area contributed by atoms with Crippen LogP contribution in [0.2, 0.25) is 5.02 Å². The van der Waals surface area contributed by atoms with Gasteiger partial charge in [0.15, 0.2) is 0 Å². The number of amides is 1. The lowest BCUT2D eigenvalue weighted by molar-refractivity contribution is -0.113. The Morgan fingerprint density at radius 2 is 2.14 bits per heavy atom. The zero-order valence-corrected chi connectivity index (χ0v) is 16.7. The SMILES string of the molecule is O=C(CSc1nnnn1C1CCCC1)Nc1ccnn1Cc1cccc(Cl)c1. The van der Waals surface area contributed by atoms with E-state index in [0.29, 0.717) is 28.6 Å². The van der Waals surface area contributed by atoms with Crippen molar-refractivity contribution in [2.24, 2.45) is 0 Å². The number of hydrogen-bond donors (Lipinski definition) is 1. The maximum Gasteiger partial charge on any atom is 0.235 e. The number of rotatable bonds is 7. The summed E-state index contributed by atoms with van der Waals surface area (Å²) in [5.41, 5.74) is 1.01. The molecule has 1 aromatic carbocycles. The van der Waals surface area contributed by atoms with Crippen LogP contribution in [-0.4, -0.2) is 41.6 Å². The van der Waals surface area contributed by atoms with E-state index in [0.717, 1.165) is 18.4 Å². The average Bonchev–Trinajstić information content (AvgIpc) is 3.42. The molecule has 2 heterocycles. The van der Waals surface area contributed by atoms with Gasteiger partial charge in [-0.05, 0) is 41.0 Å². The number of carbonyl (C=O) groups excluding carboxylic acids is 1. The summed E-state index contributed by atoms with van der Waals surface area (Å²) in [7, 11) is 0. The van der Waals surface area contributed by atoms with Crippen molar-refractivity contribution in [2.45, 2.75) is 43.4 Å². The van der Waals surface area contributed by atoms with Crippen LogP contribution in [0.1, 0.15) is 37.3 Å². The highest BCUT2D eigenvalue weighted by Crippen LogP contribution is 2.31. The smallest absolute Gasteiger partial charge is 0.235 e. The summed E-state index contributed by atoms with van der Waals surface area (Å²) in [4.78, 5) is 12.4. The van der Waals surface area contributed by atoms with E-state index in [4.69, 9.17) is 11.6 Å². The molecule has 0 spiro atoms. The van der Waals surface area contributed by atoms with Crippen molar-refractivity contribution in [2.75, 3.05) is 11.1 Å². The Morgan fingerprint density at radius 1 is 1.29 bits per heavy atom. The Balaban J connectivity index is 1.35. The molecule has 146 valence electrons. The van der Waals surface area contributed by atoms with E-state index in [1.54, 1.807) is 16.9 Å². The second-order valence-electron chi connectivity index (χ2n) is 6.69. The first-order valence-corrected chi connectivity index (χ1v) is 10.5. The Kier molecular flexibility index (Phi) is 5.92. The van der Waals surface area contributed by atoms with Crippen LogP contribution in [-0.2, 0) is 11.3 Å². The molecule has 28 heavy (non-hydrogen) atoms. The predicted octanol–water partition coefficient (Wildman–Crippen LogP) is 3.42. The highest BCUT2D eigenvalue weighted by Gasteiger charge is 2.22. The Morgan fingerprint density at radius 3 is 2.96 bits per heavy atom.